The topological polar surface area (TPSA) is 102 Å². The van der Waals surface area contributed by atoms with E-state index in [1.165, 1.54) is 11.3 Å². The number of benzene rings is 1. The lowest BCUT2D eigenvalue weighted by Gasteiger charge is -2.22. The molecule has 0 radical (unpaired) electrons. The van der Waals surface area contributed by atoms with Crippen molar-refractivity contribution in [1.29, 1.82) is 0 Å². The van der Waals surface area contributed by atoms with Crippen LogP contribution in [0.1, 0.15) is 24.2 Å². The third kappa shape index (κ3) is 3.33. The summed E-state index contributed by atoms with van der Waals surface area (Å²) >= 11 is 1.30. The largest absolute Gasteiger partial charge is 0.375 e. The molecule has 3 N–H and O–H groups in total. The normalized spacial score (nSPS) is 12.5. The number of hydrogen-bond donors (Lipinski definition) is 2. The maximum Gasteiger partial charge on any atom is 0.251 e. The summed E-state index contributed by atoms with van der Waals surface area (Å²) in [5.41, 5.74) is 6.82. The molecule has 0 bridgehead atoms. The summed E-state index contributed by atoms with van der Waals surface area (Å²) in [4.78, 5) is 16.2. The predicted octanol–water partition coefficient (Wildman–Crippen LogP) is 1.43. The molecule has 0 atom stereocenters. The van der Waals surface area contributed by atoms with Gasteiger partial charge < -0.3 is 11.1 Å². The van der Waals surface area contributed by atoms with Crippen molar-refractivity contribution in [2.24, 2.45) is 0 Å². The zero-order valence-electron chi connectivity index (χ0n) is 12.0. The summed E-state index contributed by atoms with van der Waals surface area (Å²) in [6.07, 6.45) is 1.16. The number of thiazole rings is 1. The first-order valence-corrected chi connectivity index (χ1v) is 8.95. The van der Waals surface area contributed by atoms with Gasteiger partial charge in [0.25, 0.3) is 5.91 Å². The minimum absolute atomic E-state index is 0.0491. The Bertz CT molecular complexity index is 794. The van der Waals surface area contributed by atoms with Gasteiger partial charge in [0.1, 0.15) is 0 Å². The molecule has 1 heterocycles. The molecule has 1 amide bonds. The SMILES string of the molecule is CC(C)(CNC(=O)c1ccc2nc(N)sc2c1)S(C)(=O)=O. The van der Waals surface area contributed by atoms with Crippen molar-refractivity contribution in [1.82, 2.24) is 10.3 Å². The van der Waals surface area contributed by atoms with Crippen LogP contribution >= 0.6 is 11.3 Å². The first-order chi connectivity index (χ1) is 9.60. The first-order valence-electron chi connectivity index (χ1n) is 6.24. The van der Waals surface area contributed by atoms with Gasteiger partial charge in [0.05, 0.1) is 15.0 Å². The molecule has 0 aliphatic heterocycles. The van der Waals surface area contributed by atoms with E-state index in [0.717, 1.165) is 16.5 Å². The lowest BCUT2D eigenvalue weighted by molar-refractivity contribution is 0.0950. The van der Waals surface area contributed by atoms with Crippen molar-refractivity contribution >= 4 is 42.4 Å². The molecular formula is C13H17N3O3S2. The molecule has 2 rings (SSSR count). The fraction of sp³-hybridized carbons (Fsp3) is 0.385. The van der Waals surface area contributed by atoms with Gasteiger partial charge in [-0.3, -0.25) is 4.79 Å². The Balaban J connectivity index is 2.15. The number of amides is 1. The van der Waals surface area contributed by atoms with Crippen LogP contribution in [0.4, 0.5) is 5.13 Å². The van der Waals surface area contributed by atoms with Crippen LogP contribution in [0, 0.1) is 0 Å². The van der Waals surface area contributed by atoms with Crippen LogP contribution in [-0.2, 0) is 9.84 Å². The number of rotatable bonds is 4. The highest BCUT2D eigenvalue weighted by Crippen LogP contribution is 2.24. The zero-order valence-corrected chi connectivity index (χ0v) is 13.6. The molecule has 6 nitrogen and oxygen atoms in total. The number of anilines is 1. The van der Waals surface area contributed by atoms with Crippen LogP contribution in [0.25, 0.3) is 10.2 Å². The number of hydrogen-bond acceptors (Lipinski definition) is 6. The molecule has 0 saturated carbocycles. The van der Waals surface area contributed by atoms with Crippen molar-refractivity contribution in [2.75, 3.05) is 18.5 Å². The standard InChI is InChI=1S/C13H17N3O3S2/c1-13(2,21(3,18)19)7-15-11(17)8-4-5-9-10(6-8)20-12(14)16-9/h4-6H,7H2,1-3H3,(H2,14,16)(H,15,17). The maximum atomic E-state index is 12.1. The molecule has 0 aliphatic carbocycles. The predicted molar refractivity (Wildman–Crippen MR) is 85.3 cm³/mol. The van der Waals surface area contributed by atoms with E-state index in [1.807, 2.05) is 0 Å². The molecular weight excluding hydrogens is 310 g/mol. The summed E-state index contributed by atoms with van der Waals surface area (Å²) in [6.45, 7) is 3.21. The lowest BCUT2D eigenvalue weighted by atomic mass is 10.1. The molecule has 1 aromatic heterocycles. The number of nitrogens with zero attached hydrogens (tertiary/aromatic N) is 1. The molecule has 2 aromatic rings. The van der Waals surface area contributed by atoms with Gasteiger partial charge in [0.15, 0.2) is 15.0 Å². The summed E-state index contributed by atoms with van der Waals surface area (Å²) in [7, 11) is -3.25. The van der Waals surface area contributed by atoms with Crippen LogP contribution in [0.2, 0.25) is 0 Å². The monoisotopic (exact) mass is 327 g/mol. The Morgan fingerprint density at radius 3 is 2.71 bits per heavy atom. The van der Waals surface area contributed by atoms with Gasteiger partial charge in [-0.05, 0) is 32.0 Å². The van der Waals surface area contributed by atoms with Crippen molar-refractivity contribution in [2.45, 2.75) is 18.6 Å². The second-order valence-corrected chi connectivity index (χ2v) is 9.16. The maximum absolute atomic E-state index is 12.1. The van der Waals surface area contributed by atoms with Crippen LogP contribution in [-0.4, -0.2) is 36.9 Å². The van der Waals surface area contributed by atoms with Gasteiger partial charge in [0.2, 0.25) is 0 Å². The smallest absolute Gasteiger partial charge is 0.251 e. The average Bonchev–Trinajstić information content (AvgIpc) is 2.73. The number of nitrogen functional groups attached to an aromatic ring is 1. The van der Waals surface area contributed by atoms with Crippen LogP contribution < -0.4 is 11.1 Å². The molecule has 0 unspecified atom stereocenters. The third-order valence-corrected chi connectivity index (χ3v) is 6.34. The number of aromatic nitrogens is 1. The van der Waals surface area contributed by atoms with Gasteiger partial charge >= 0.3 is 0 Å². The first kappa shape index (κ1) is 15.7. The number of carbonyl (C=O) groups excluding carboxylic acids is 1. The van der Waals surface area contributed by atoms with E-state index in [2.05, 4.69) is 10.3 Å². The van der Waals surface area contributed by atoms with Crippen molar-refractivity contribution in [3.63, 3.8) is 0 Å². The molecule has 1 aromatic carbocycles. The Morgan fingerprint density at radius 1 is 1.43 bits per heavy atom. The Kier molecular flexibility index (Phi) is 3.94. The van der Waals surface area contributed by atoms with E-state index in [1.54, 1.807) is 32.0 Å². The molecule has 0 fully saturated rings. The molecule has 0 spiro atoms. The van der Waals surface area contributed by atoms with Crippen LogP contribution in [0.3, 0.4) is 0 Å². The number of carbonyl (C=O) groups is 1. The third-order valence-electron chi connectivity index (χ3n) is 3.35. The van der Waals surface area contributed by atoms with Crippen LogP contribution in [0.15, 0.2) is 18.2 Å². The number of sulfone groups is 1. The fourth-order valence-corrected chi connectivity index (χ4v) is 2.72. The van der Waals surface area contributed by atoms with Crippen molar-refractivity contribution in [3.8, 4) is 0 Å². The quantitative estimate of drug-likeness (QED) is 0.884. The van der Waals surface area contributed by atoms with E-state index in [-0.39, 0.29) is 12.5 Å². The van der Waals surface area contributed by atoms with E-state index < -0.39 is 14.6 Å². The number of fused-ring (bicyclic) bond motifs is 1. The molecule has 0 saturated heterocycles. The second kappa shape index (κ2) is 5.27. The Hall–Kier alpha value is -1.67. The van der Waals surface area contributed by atoms with Gasteiger partial charge in [-0.2, -0.15) is 0 Å². The Morgan fingerprint density at radius 2 is 2.10 bits per heavy atom. The van der Waals surface area contributed by atoms with Gasteiger partial charge in [-0.1, -0.05) is 11.3 Å². The highest BCUT2D eigenvalue weighted by atomic mass is 32.2. The van der Waals surface area contributed by atoms with E-state index >= 15 is 0 Å². The summed E-state index contributed by atoms with van der Waals surface area (Å²) < 4.78 is 23.0. The summed E-state index contributed by atoms with van der Waals surface area (Å²) in [5.74, 6) is -0.319. The number of nitrogens with one attached hydrogen (secondary N) is 1. The number of nitrogens with two attached hydrogens (primary N) is 1. The van der Waals surface area contributed by atoms with Gasteiger partial charge in [0, 0.05) is 18.4 Å². The summed E-state index contributed by atoms with van der Waals surface area (Å²) in [6, 6.07) is 5.06. The highest BCUT2D eigenvalue weighted by Gasteiger charge is 2.30. The van der Waals surface area contributed by atoms with Crippen LogP contribution in [0.5, 0.6) is 0 Å². The minimum Gasteiger partial charge on any atom is -0.375 e. The molecule has 0 aliphatic rings. The zero-order chi connectivity index (χ0) is 15.8. The molecule has 114 valence electrons. The summed E-state index contributed by atoms with van der Waals surface area (Å²) in [5, 5.41) is 3.10. The van der Waals surface area contributed by atoms with E-state index in [0.29, 0.717) is 10.7 Å². The minimum atomic E-state index is -3.25. The average molecular weight is 327 g/mol. The van der Waals surface area contributed by atoms with Gasteiger partial charge in [-0.25, -0.2) is 13.4 Å². The van der Waals surface area contributed by atoms with E-state index in [4.69, 9.17) is 5.73 Å². The lowest BCUT2D eigenvalue weighted by Crippen LogP contribution is -2.43. The Labute approximate surface area is 127 Å². The molecule has 21 heavy (non-hydrogen) atoms. The van der Waals surface area contributed by atoms with E-state index in [9.17, 15) is 13.2 Å². The second-order valence-electron chi connectivity index (χ2n) is 5.45. The highest BCUT2D eigenvalue weighted by molar-refractivity contribution is 7.92. The van der Waals surface area contributed by atoms with Gasteiger partial charge in [-0.15, -0.1) is 0 Å². The molecule has 8 heteroatoms. The van der Waals surface area contributed by atoms with Crippen molar-refractivity contribution in [3.05, 3.63) is 23.8 Å². The fourth-order valence-electron chi connectivity index (χ4n) is 1.61. The van der Waals surface area contributed by atoms with Crippen molar-refractivity contribution < 1.29 is 13.2 Å².